The molecular formula is C19H19Cl2N3OS. The zero-order valence-corrected chi connectivity index (χ0v) is 16.4. The zero-order chi connectivity index (χ0) is 18.5. The summed E-state index contributed by atoms with van der Waals surface area (Å²) in [4.78, 5) is 16.8. The molecule has 0 radical (unpaired) electrons. The number of nitrogens with zero attached hydrogens (tertiary/aromatic N) is 2. The summed E-state index contributed by atoms with van der Waals surface area (Å²) in [7, 11) is 0. The number of hydrogen-bond donors (Lipinski definition) is 1. The minimum Gasteiger partial charge on any atom is -0.346 e. The minimum atomic E-state index is -0.300. The van der Waals surface area contributed by atoms with E-state index in [1.165, 1.54) is 5.56 Å². The predicted molar refractivity (Wildman–Crippen MR) is 110 cm³/mol. The van der Waals surface area contributed by atoms with Crippen LogP contribution in [0.2, 0.25) is 10.0 Å². The molecule has 1 N–H and O–H groups in total. The molecule has 1 saturated heterocycles. The molecule has 1 fully saturated rings. The van der Waals surface area contributed by atoms with Gasteiger partial charge in [0, 0.05) is 48.3 Å². The summed E-state index contributed by atoms with van der Waals surface area (Å²) in [6.45, 7) is 4.28. The van der Waals surface area contributed by atoms with Gasteiger partial charge in [0.25, 0.3) is 5.91 Å². The maximum absolute atomic E-state index is 12.4. The maximum Gasteiger partial charge on any atom is 0.257 e. The van der Waals surface area contributed by atoms with Gasteiger partial charge in [0.15, 0.2) is 5.11 Å². The standard InChI is InChI=1S/C19H19Cl2N3OS/c20-16-10-15(11-17(21)12-16)18(25)22-19(26)24-8-6-23(7-9-24)13-14-4-2-1-3-5-14/h1-5,10-12H,6-9,13H2,(H,22,25,26). The Labute approximate surface area is 168 Å². The number of carbonyl (C=O) groups excluding carboxylic acids is 1. The Balaban J connectivity index is 1.51. The molecule has 1 aliphatic rings. The highest BCUT2D eigenvalue weighted by atomic mass is 35.5. The van der Waals surface area contributed by atoms with Crippen LogP contribution < -0.4 is 5.32 Å². The minimum absolute atomic E-state index is 0.300. The van der Waals surface area contributed by atoms with Gasteiger partial charge in [-0.1, -0.05) is 53.5 Å². The molecule has 0 unspecified atom stereocenters. The number of nitrogens with one attached hydrogen (secondary N) is 1. The molecule has 0 spiro atoms. The first-order valence-corrected chi connectivity index (χ1v) is 9.50. The van der Waals surface area contributed by atoms with Crippen LogP contribution in [0.5, 0.6) is 0 Å². The second-order valence-electron chi connectivity index (χ2n) is 6.17. The van der Waals surface area contributed by atoms with Crippen LogP contribution >= 0.6 is 35.4 Å². The molecule has 3 rings (SSSR count). The highest BCUT2D eigenvalue weighted by molar-refractivity contribution is 7.80. The van der Waals surface area contributed by atoms with Crippen molar-refractivity contribution in [1.82, 2.24) is 15.1 Å². The number of rotatable bonds is 3. The number of halogens is 2. The van der Waals surface area contributed by atoms with Crippen molar-refractivity contribution in [1.29, 1.82) is 0 Å². The second kappa shape index (κ2) is 8.82. The van der Waals surface area contributed by atoms with Crippen molar-refractivity contribution < 1.29 is 4.79 Å². The molecular weight excluding hydrogens is 389 g/mol. The molecule has 0 atom stereocenters. The summed E-state index contributed by atoms with van der Waals surface area (Å²) in [6, 6.07) is 15.1. The van der Waals surface area contributed by atoms with E-state index in [1.807, 2.05) is 11.0 Å². The van der Waals surface area contributed by atoms with E-state index in [4.69, 9.17) is 35.4 Å². The number of thiocarbonyl (C=S) groups is 1. The molecule has 0 bridgehead atoms. The Morgan fingerprint density at radius 2 is 1.62 bits per heavy atom. The van der Waals surface area contributed by atoms with Crippen molar-refractivity contribution in [3.63, 3.8) is 0 Å². The molecule has 26 heavy (non-hydrogen) atoms. The molecule has 0 saturated carbocycles. The topological polar surface area (TPSA) is 35.6 Å². The molecule has 1 aliphatic heterocycles. The highest BCUT2D eigenvalue weighted by Crippen LogP contribution is 2.19. The zero-order valence-electron chi connectivity index (χ0n) is 14.1. The molecule has 2 aromatic carbocycles. The fourth-order valence-electron chi connectivity index (χ4n) is 2.88. The van der Waals surface area contributed by atoms with Crippen molar-refractivity contribution in [3.8, 4) is 0 Å². The maximum atomic E-state index is 12.4. The van der Waals surface area contributed by atoms with Crippen LogP contribution in [0.3, 0.4) is 0 Å². The lowest BCUT2D eigenvalue weighted by Gasteiger charge is -2.36. The summed E-state index contributed by atoms with van der Waals surface area (Å²) in [6.07, 6.45) is 0. The fraction of sp³-hybridized carbons (Fsp3) is 0.263. The molecule has 7 heteroatoms. The summed E-state index contributed by atoms with van der Waals surface area (Å²) < 4.78 is 0. The molecule has 0 aliphatic carbocycles. The van der Waals surface area contributed by atoms with Gasteiger partial charge in [-0.2, -0.15) is 0 Å². The fourth-order valence-corrected chi connectivity index (χ4v) is 3.69. The van der Waals surface area contributed by atoms with Gasteiger partial charge in [0.05, 0.1) is 0 Å². The van der Waals surface area contributed by atoms with Crippen molar-refractivity contribution in [3.05, 3.63) is 69.7 Å². The highest BCUT2D eigenvalue weighted by Gasteiger charge is 2.20. The Bertz CT molecular complexity index is 772. The van der Waals surface area contributed by atoms with Crippen LogP contribution in [0.25, 0.3) is 0 Å². The predicted octanol–water partition coefficient (Wildman–Crippen LogP) is 3.83. The van der Waals surface area contributed by atoms with Gasteiger partial charge >= 0.3 is 0 Å². The Hall–Kier alpha value is -1.66. The third-order valence-electron chi connectivity index (χ3n) is 4.25. The van der Waals surface area contributed by atoms with Crippen LogP contribution in [-0.4, -0.2) is 47.0 Å². The van der Waals surface area contributed by atoms with E-state index >= 15 is 0 Å². The van der Waals surface area contributed by atoms with Gasteiger partial charge in [-0.25, -0.2) is 0 Å². The Kier molecular flexibility index (Phi) is 6.48. The monoisotopic (exact) mass is 407 g/mol. The van der Waals surface area contributed by atoms with E-state index < -0.39 is 0 Å². The van der Waals surface area contributed by atoms with Crippen LogP contribution in [0.1, 0.15) is 15.9 Å². The lowest BCUT2D eigenvalue weighted by atomic mass is 10.2. The quantitative estimate of drug-likeness (QED) is 0.784. The lowest BCUT2D eigenvalue weighted by Crippen LogP contribution is -2.52. The first-order valence-electron chi connectivity index (χ1n) is 8.34. The lowest BCUT2D eigenvalue weighted by molar-refractivity contribution is 0.0969. The van der Waals surface area contributed by atoms with E-state index in [2.05, 4.69) is 34.5 Å². The number of hydrogen-bond acceptors (Lipinski definition) is 3. The van der Waals surface area contributed by atoms with Crippen LogP contribution in [0, 0.1) is 0 Å². The number of piperazine rings is 1. The van der Waals surface area contributed by atoms with Crippen LogP contribution in [0.4, 0.5) is 0 Å². The number of carbonyl (C=O) groups is 1. The Morgan fingerprint density at radius 3 is 2.23 bits per heavy atom. The van der Waals surface area contributed by atoms with E-state index in [0.29, 0.717) is 20.7 Å². The normalized spacial score (nSPS) is 14.9. The van der Waals surface area contributed by atoms with E-state index in [0.717, 1.165) is 32.7 Å². The van der Waals surface area contributed by atoms with E-state index in [9.17, 15) is 4.79 Å². The third-order valence-corrected chi connectivity index (χ3v) is 5.05. The Morgan fingerprint density at radius 1 is 1.00 bits per heavy atom. The number of benzene rings is 2. The summed E-state index contributed by atoms with van der Waals surface area (Å²) in [5.41, 5.74) is 1.70. The molecule has 4 nitrogen and oxygen atoms in total. The number of amides is 1. The molecule has 1 amide bonds. The van der Waals surface area contributed by atoms with Crippen LogP contribution in [0.15, 0.2) is 48.5 Å². The second-order valence-corrected chi connectivity index (χ2v) is 7.43. The largest absolute Gasteiger partial charge is 0.346 e. The summed E-state index contributed by atoms with van der Waals surface area (Å²) in [5.74, 6) is -0.300. The summed E-state index contributed by atoms with van der Waals surface area (Å²) >= 11 is 17.3. The third kappa shape index (κ3) is 5.17. The van der Waals surface area contributed by atoms with Gasteiger partial charge in [-0.15, -0.1) is 0 Å². The first-order chi connectivity index (χ1) is 12.5. The van der Waals surface area contributed by atoms with Gasteiger partial charge in [-0.3, -0.25) is 15.0 Å². The average Bonchev–Trinajstić information content (AvgIpc) is 2.62. The molecule has 136 valence electrons. The van der Waals surface area contributed by atoms with Crippen molar-refractivity contribution in [2.24, 2.45) is 0 Å². The van der Waals surface area contributed by atoms with Crippen molar-refractivity contribution >= 4 is 46.4 Å². The average molecular weight is 408 g/mol. The van der Waals surface area contributed by atoms with E-state index in [-0.39, 0.29) is 5.91 Å². The summed E-state index contributed by atoms with van der Waals surface area (Å²) in [5, 5.41) is 4.04. The van der Waals surface area contributed by atoms with Crippen LogP contribution in [-0.2, 0) is 6.54 Å². The van der Waals surface area contributed by atoms with Gasteiger partial charge in [0.1, 0.15) is 0 Å². The van der Waals surface area contributed by atoms with Crippen molar-refractivity contribution in [2.45, 2.75) is 6.54 Å². The molecule has 2 aromatic rings. The van der Waals surface area contributed by atoms with Gasteiger partial charge < -0.3 is 4.90 Å². The van der Waals surface area contributed by atoms with Gasteiger partial charge in [-0.05, 0) is 36.0 Å². The molecule has 1 heterocycles. The SMILES string of the molecule is O=C(NC(=S)N1CCN(Cc2ccccc2)CC1)c1cc(Cl)cc(Cl)c1. The molecule has 0 aromatic heterocycles. The first kappa shape index (κ1) is 19.1. The smallest absolute Gasteiger partial charge is 0.257 e. The van der Waals surface area contributed by atoms with E-state index in [1.54, 1.807) is 18.2 Å². The van der Waals surface area contributed by atoms with Gasteiger partial charge in [0.2, 0.25) is 0 Å². The van der Waals surface area contributed by atoms with Crippen molar-refractivity contribution in [2.75, 3.05) is 26.2 Å².